The number of imidazole rings is 1. The number of anilines is 3. The van der Waals surface area contributed by atoms with E-state index in [1.165, 1.54) is 0 Å². The van der Waals surface area contributed by atoms with E-state index in [1.54, 1.807) is 18.6 Å². The van der Waals surface area contributed by atoms with Gasteiger partial charge in [0.25, 0.3) is 0 Å². The molecule has 5 rings (SSSR count). The number of likely N-dealkylation sites (N-methyl/N-ethyl adjacent to an activating group) is 1. The molecule has 0 aliphatic heterocycles. The molecule has 9 heteroatoms. The van der Waals surface area contributed by atoms with Crippen LogP contribution in [0.15, 0.2) is 61.3 Å². The summed E-state index contributed by atoms with van der Waals surface area (Å²) in [5.74, 6) is 1.43. The van der Waals surface area contributed by atoms with Crippen molar-refractivity contribution >= 4 is 33.9 Å². The van der Waals surface area contributed by atoms with Gasteiger partial charge in [-0.25, -0.2) is 15.0 Å². The fourth-order valence-electron chi connectivity index (χ4n) is 3.34. The second-order valence-electron chi connectivity index (χ2n) is 6.98. The summed E-state index contributed by atoms with van der Waals surface area (Å²) in [5, 5.41) is 20.6. The molecule has 0 amide bonds. The highest BCUT2D eigenvalue weighted by Gasteiger charge is 2.11. The SMILES string of the molecule is CN(CCO)c1ccc(Nc2nc(-c3ccc4cn[nH]c4c3)cn3ccnc23)cn1. The molecule has 0 saturated carbocycles. The molecule has 4 aromatic heterocycles. The van der Waals surface area contributed by atoms with Crippen LogP contribution in [0.25, 0.3) is 27.8 Å². The molecule has 9 nitrogen and oxygen atoms in total. The van der Waals surface area contributed by atoms with E-state index in [2.05, 4.69) is 25.5 Å². The van der Waals surface area contributed by atoms with Crippen molar-refractivity contribution in [1.82, 2.24) is 29.5 Å². The number of hydrogen-bond donors (Lipinski definition) is 3. The van der Waals surface area contributed by atoms with E-state index in [0.717, 1.165) is 39.3 Å². The first-order valence-electron chi connectivity index (χ1n) is 9.53. The monoisotopic (exact) mass is 400 g/mol. The minimum Gasteiger partial charge on any atom is -0.395 e. The molecule has 30 heavy (non-hydrogen) atoms. The predicted octanol–water partition coefficient (Wildman–Crippen LogP) is 2.84. The average molecular weight is 400 g/mol. The van der Waals surface area contributed by atoms with E-state index < -0.39 is 0 Å². The lowest BCUT2D eigenvalue weighted by atomic mass is 10.1. The summed E-state index contributed by atoms with van der Waals surface area (Å²) >= 11 is 0. The second kappa shape index (κ2) is 7.45. The van der Waals surface area contributed by atoms with E-state index in [1.807, 2.05) is 59.1 Å². The van der Waals surface area contributed by atoms with Crippen LogP contribution >= 0.6 is 0 Å². The molecule has 0 aliphatic rings. The fourth-order valence-corrected chi connectivity index (χ4v) is 3.34. The Balaban J connectivity index is 1.50. The van der Waals surface area contributed by atoms with Crippen LogP contribution in [0, 0.1) is 0 Å². The molecule has 3 N–H and O–H groups in total. The molecule has 150 valence electrons. The first-order valence-corrected chi connectivity index (χ1v) is 9.53. The van der Waals surface area contributed by atoms with Gasteiger partial charge in [-0.3, -0.25) is 5.10 Å². The number of rotatable bonds is 6. The molecule has 0 bridgehead atoms. The highest BCUT2D eigenvalue weighted by Crippen LogP contribution is 2.26. The van der Waals surface area contributed by atoms with Gasteiger partial charge in [-0.15, -0.1) is 0 Å². The van der Waals surface area contributed by atoms with Crippen molar-refractivity contribution in [3.8, 4) is 11.3 Å². The van der Waals surface area contributed by atoms with Crippen LogP contribution < -0.4 is 10.2 Å². The van der Waals surface area contributed by atoms with Crippen molar-refractivity contribution in [2.24, 2.45) is 0 Å². The lowest BCUT2D eigenvalue weighted by molar-refractivity contribution is 0.304. The van der Waals surface area contributed by atoms with Crippen LogP contribution in [0.1, 0.15) is 0 Å². The largest absolute Gasteiger partial charge is 0.395 e. The number of hydrogen-bond acceptors (Lipinski definition) is 7. The van der Waals surface area contributed by atoms with Crippen molar-refractivity contribution < 1.29 is 5.11 Å². The maximum Gasteiger partial charge on any atom is 0.180 e. The third-order valence-electron chi connectivity index (χ3n) is 4.95. The number of nitrogens with one attached hydrogen (secondary N) is 2. The van der Waals surface area contributed by atoms with Gasteiger partial charge in [0.1, 0.15) is 5.82 Å². The molecule has 0 aliphatic carbocycles. The Morgan fingerprint density at radius 1 is 1.17 bits per heavy atom. The molecule has 0 atom stereocenters. The van der Waals surface area contributed by atoms with Crippen LogP contribution in [-0.2, 0) is 0 Å². The Hall–Kier alpha value is -3.98. The van der Waals surface area contributed by atoms with Gasteiger partial charge in [-0.05, 0) is 18.2 Å². The Bertz CT molecular complexity index is 1310. The normalized spacial score (nSPS) is 11.3. The Morgan fingerprint density at radius 3 is 2.93 bits per heavy atom. The Labute approximate surface area is 172 Å². The summed E-state index contributed by atoms with van der Waals surface area (Å²) in [6.45, 7) is 0.607. The van der Waals surface area contributed by atoms with E-state index >= 15 is 0 Å². The number of aliphatic hydroxyl groups excluding tert-OH is 1. The standard InChI is InChI=1S/C21H20N8O/c1-28(8-9-30)19-5-4-16(12-23-19)25-20-21-22-6-7-29(21)13-18(26-20)14-2-3-15-11-24-27-17(15)10-14/h2-7,10-13,30H,8-9H2,1H3,(H,24,27)(H,25,26). The molecule has 0 spiro atoms. The summed E-state index contributed by atoms with van der Waals surface area (Å²) in [6, 6.07) is 9.91. The van der Waals surface area contributed by atoms with E-state index in [4.69, 9.17) is 10.1 Å². The van der Waals surface area contributed by atoms with Gasteiger partial charge in [-0.1, -0.05) is 12.1 Å². The maximum absolute atomic E-state index is 9.09. The van der Waals surface area contributed by atoms with Crippen LogP contribution in [0.5, 0.6) is 0 Å². The number of pyridine rings is 1. The highest BCUT2D eigenvalue weighted by atomic mass is 16.3. The third kappa shape index (κ3) is 3.31. The van der Waals surface area contributed by atoms with Crippen molar-refractivity contribution in [3.63, 3.8) is 0 Å². The van der Waals surface area contributed by atoms with Gasteiger partial charge in [0, 0.05) is 43.1 Å². The van der Waals surface area contributed by atoms with Crippen molar-refractivity contribution in [1.29, 1.82) is 0 Å². The lowest BCUT2D eigenvalue weighted by Gasteiger charge is -2.17. The second-order valence-corrected chi connectivity index (χ2v) is 6.98. The van der Waals surface area contributed by atoms with E-state index in [0.29, 0.717) is 12.4 Å². The Morgan fingerprint density at radius 2 is 2.10 bits per heavy atom. The van der Waals surface area contributed by atoms with Crippen molar-refractivity contribution in [2.75, 3.05) is 30.4 Å². The number of aromatic amines is 1. The number of aliphatic hydroxyl groups is 1. The van der Waals surface area contributed by atoms with Gasteiger partial charge in [0.05, 0.1) is 35.9 Å². The molecular formula is C21H20N8O. The zero-order valence-corrected chi connectivity index (χ0v) is 16.3. The zero-order chi connectivity index (χ0) is 20.5. The van der Waals surface area contributed by atoms with Crippen molar-refractivity contribution in [3.05, 3.63) is 61.3 Å². The lowest BCUT2D eigenvalue weighted by Crippen LogP contribution is -2.22. The molecular weight excluding hydrogens is 380 g/mol. The third-order valence-corrected chi connectivity index (χ3v) is 4.95. The predicted molar refractivity (Wildman–Crippen MR) is 116 cm³/mol. The number of benzene rings is 1. The average Bonchev–Trinajstić information content (AvgIpc) is 3.43. The molecule has 0 unspecified atom stereocenters. The number of H-pyrrole nitrogens is 1. The van der Waals surface area contributed by atoms with Crippen LogP contribution in [0.3, 0.4) is 0 Å². The molecule has 0 saturated heterocycles. The summed E-state index contributed by atoms with van der Waals surface area (Å²) in [7, 11) is 1.89. The molecule has 0 fully saturated rings. The molecule has 1 aromatic carbocycles. The van der Waals surface area contributed by atoms with E-state index in [-0.39, 0.29) is 6.61 Å². The van der Waals surface area contributed by atoms with Gasteiger partial charge in [0.15, 0.2) is 11.5 Å². The number of fused-ring (bicyclic) bond motifs is 2. The van der Waals surface area contributed by atoms with Gasteiger partial charge in [-0.2, -0.15) is 5.10 Å². The van der Waals surface area contributed by atoms with Crippen LogP contribution in [0.2, 0.25) is 0 Å². The molecule has 4 heterocycles. The topological polar surface area (TPSA) is 107 Å². The summed E-state index contributed by atoms with van der Waals surface area (Å²) < 4.78 is 1.94. The van der Waals surface area contributed by atoms with Gasteiger partial charge in [0.2, 0.25) is 0 Å². The zero-order valence-electron chi connectivity index (χ0n) is 16.3. The maximum atomic E-state index is 9.09. The number of aromatic nitrogens is 6. The molecule has 5 aromatic rings. The van der Waals surface area contributed by atoms with Crippen LogP contribution in [-0.4, -0.2) is 54.9 Å². The minimum absolute atomic E-state index is 0.0805. The molecule has 0 radical (unpaired) electrons. The first-order chi connectivity index (χ1) is 14.7. The van der Waals surface area contributed by atoms with Crippen molar-refractivity contribution in [2.45, 2.75) is 0 Å². The highest BCUT2D eigenvalue weighted by molar-refractivity contribution is 5.83. The van der Waals surface area contributed by atoms with Gasteiger partial charge >= 0.3 is 0 Å². The quantitative estimate of drug-likeness (QED) is 0.402. The fraction of sp³-hybridized carbons (Fsp3) is 0.143. The van der Waals surface area contributed by atoms with Gasteiger partial charge < -0.3 is 19.7 Å². The number of nitrogens with zero attached hydrogens (tertiary/aromatic N) is 6. The summed E-state index contributed by atoms with van der Waals surface area (Å²) in [6.07, 6.45) is 9.14. The Kier molecular flexibility index (Phi) is 4.49. The van der Waals surface area contributed by atoms with E-state index in [9.17, 15) is 0 Å². The smallest absolute Gasteiger partial charge is 0.180 e. The first kappa shape index (κ1) is 18.1. The minimum atomic E-state index is 0.0805. The summed E-state index contributed by atoms with van der Waals surface area (Å²) in [5.41, 5.74) is 4.27. The summed E-state index contributed by atoms with van der Waals surface area (Å²) in [4.78, 5) is 15.6. The van der Waals surface area contributed by atoms with Crippen LogP contribution in [0.4, 0.5) is 17.3 Å².